The quantitative estimate of drug-likeness (QED) is 0.603. The predicted octanol–water partition coefficient (Wildman–Crippen LogP) is 2.35. The molecular formula is C20H24N2O6S. The monoisotopic (exact) mass is 420 g/mol. The molecule has 2 N–H and O–H groups in total. The summed E-state index contributed by atoms with van der Waals surface area (Å²) in [5.41, 5.74) is 1.43. The number of rotatable bonds is 9. The largest absolute Gasteiger partial charge is 0.495 e. The summed E-state index contributed by atoms with van der Waals surface area (Å²) in [6, 6.07) is 10.9. The molecule has 2 aromatic rings. The van der Waals surface area contributed by atoms with Gasteiger partial charge in [-0.2, -0.15) is 0 Å². The van der Waals surface area contributed by atoms with Crippen molar-refractivity contribution < 1.29 is 27.5 Å². The van der Waals surface area contributed by atoms with E-state index in [2.05, 4.69) is 10.0 Å². The van der Waals surface area contributed by atoms with Gasteiger partial charge in [0.15, 0.2) is 0 Å². The number of methoxy groups -OCH3 is 1. The molecule has 2 rings (SSSR count). The van der Waals surface area contributed by atoms with Crippen LogP contribution < -0.4 is 14.8 Å². The van der Waals surface area contributed by atoms with E-state index in [4.69, 9.17) is 9.47 Å². The Balaban J connectivity index is 2.17. The maximum atomic E-state index is 12.6. The fourth-order valence-corrected chi connectivity index (χ4v) is 3.82. The number of hydrogen-bond donors (Lipinski definition) is 2. The van der Waals surface area contributed by atoms with Crippen molar-refractivity contribution in [1.29, 1.82) is 0 Å². The molecule has 8 nitrogen and oxygen atoms in total. The maximum absolute atomic E-state index is 12.6. The standard InChI is InChI=1S/C20H24N2O6S/c1-4-21-29(25,26)18-13-15(8-11-17(18)27-3)20(24)22-16-9-6-14(7-10-16)12-19(23)28-5-2/h6-11,13,21H,4-5,12H2,1-3H3,(H,22,24). The van der Waals surface area contributed by atoms with Gasteiger partial charge in [0, 0.05) is 17.8 Å². The third-order valence-corrected chi connectivity index (χ3v) is 5.48. The number of anilines is 1. The van der Waals surface area contributed by atoms with Gasteiger partial charge in [-0.15, -0.1) is 0 Å². The molecular weight excluding hydrogens is 396 g/mol. The molecule has 156 valence electrons. The van der Waals surface area contributed by atoms with E-state index in [1.807, 2.05) is 0 Å². The second-order valence-electron chi connectivity index (χ2n) is 6.00. The van der Waals surface area contributed by atoms with Crippen molar-refractivity contribution in [2.24, 2.45) is 0 Å². The second kappa shape index (κ2) is 10.0. The van der Waals surface area contributed by atoms with E-state index < -0.39 is 15.9 Å². The SMILES string of the molecule is CCNS(=O)(=O)c1cc(C(=O)Nc2ccc(CC(=O)OCC)cc2)ccc1OC. The number of amides is 1. The van der Waals surface area contributed by atoms with Crippen LogP contribution in [0.25, 0.3) is 0 Å². The van der Waals surface area contributed by atoms with Crippen molar-refractivity contribution in [2.45, 2.75) is 25.2 Å². The number of hydrogen-bond acceptors (Lipinski definition) is 6. The van der Waals surface area contributed by atoms with Crippen LogP contribution in [0.1, 0.15) is 29.8 Å². The van der Waals surface area contributed by atoms with E-state index in [1.165, 1.54) is 25.3 Å². The Hall–Kier alpha value is -2.91. The number of carbonyl (C=O) groups excluding carboxylic acids is 2. The summed E-state index contributed by atoms with van der Waals surface area (Å²) in [7, 11) is -2.44. The minimum absolute atomic E-state index is 0.112. The van der Waals surface area contributed by atoms with Crippen molar-refractivity contribution in [3.05, 3.63) is 53.6 Å². The lowest BCUT2D eigenvalue weighted by molar-refractivity contribution is -0.142. The fourth-order valence-electron chi connectivity index (χ4n) is 2.58. The van der Waals surface area contributed by atoms with Gasteiger partial charge in [0.2, 0.25) is 10.0 Å². The minimum Gasteiger partial charge on any atom is -0.495 e. The van der Waals surface area contributed by atoms with E-state index in [-0.39, 0.29) is 35.1 Å². The zero-order chi connectivity index (χ0) is 21.4. The zero-order valence-electron chi connectivity index (χ0n) is 16.5. The van der Waals surface area contributed by atoms with Crippen LogP contribution in [0.15, 0.2) is 47.4 Å². The summed E-state index contributed by atoms with van der Waals surface area (Å²) in [5, 5.41) is 2.70. The molecule has 29 heavy (non-hydrogen) atoms. The van der Waals surface area contributed by atoms with Crippen LogP contribution in [-0.4, -0.2) is 40.6 Å². The molecule has 0 bridgehead atoms. The number of carbonyl (C=O) groups is 2. The zero-order valence-corrected chi connectivity index (χ0v) is 17.3. The van der Waals surface area contributed by atoms with E-state index in [1.54, 1.807) is 38.1 Å². The molecule has 9 heteroatoms. The van der Waals surface area contributed by atoms with Crippen LogP contribution in [0, 0.1) is 0 Å². The Kier molecular flexibility index (Phi) is 7.74. The Bertz CT molecular complexity index is 971. The van der Waals surface area contributed by atoms with Gasteiger partial charge in [-0.05, 0) is 42.8 Å². The lowest BCUT2D eigenvalue weighted by Gasteiger charge is -2.12. The molecule has 2 aromatic carbocycles. The Morgan fingerprint density at radius 1 is 1.03 bits per heavy atom. The molecule has 0 radical (unpaired) electrons. The molecule has 0 aliphatic heterocycles. The number of nitrogens with one attached hydrogen (secondary N) is 2. The Morgan fingerprint density at radius 2 is 1.72 bits per heavy atom. The van der Waals surface area contributed by atoms with Gasteiger partial charge in [-0.3, -0.25) is 9.59 Å². The summed E-state index contributed by atoms with van der Waals surface area (Å²) >= 11 is 0. The first kappa shape index (κ1) is 22.4. The molecule has 0 aliphatic rings. The highest BCUT2D eigenvalue weighted by molar-refractivity contribution is 7.89. The highest BCUT2D eigenvalue weighted by atomic mass is 32.2. The number of ether oxygens (including phenoxy) is 2. The molecule has 0 aliphatic carbocycles. The molecule has 0 heterocycles. The molecule has 1 amide bonds. The summed E-state index contributed by atoms with van der Waals surface area (Å²) in [5.74, 6) is -0.651. The van der Waals surface area contributed by atoms with E-state index in [0.717, 1.165) is 5.56 Å². The van der Waals surface area contributed by atoms with Crippen molar-refractivity contribution in [3.8, 4) is 5.75 Å². The van der Waals surface area contributed by atoms with Crippen LogP contribution in [0.3, 0.4) is 0 Å². The molecule has 0 spiro atoms. The van der Waals surface area contributed by atoms with Crippen molar-refractivity contribution in [1.82, 2.24) is 4.72 Å². The third-order valence-electron chi connectivity index (χ3n) is 3.92. The summed E-state index contributed by atoms with van der Waals surface area (Å²) in [6.07, 6.45) is 0.145. The van der Waals surface area contributed by atoms with Crippen LogP contribution in [0.5, 0.6) is 5.75 Å². The predicted molar refractivity (Wildman–Crippen MR) is 109 cm³/mol. The molecule has 0 atom stereocenters. The molecule has 0 saturated carbocycles. The van der Waals surface area contributed by atoms with Crippen LogP contribution >= 0.6 is 0 Å². The fraction of sp³-hybridized carbons (Fsp3) is 0.300. The van der Waals surface area contributed by atoms with E-state index in [0.29, 0.717) is 12.3 Å². The summed E-state index contributed by atoms with van der Waals surface area (Å²) in [6.45, 7) is 3.93. The lowest BCUT2D eigenvalue weighted by atomic mass is 10.1. The summed E-state index contributed by atoms with van der Waals surface area (Å²) in [4.78, 5) is 24.0. The topological polar surface area (TPSA) is 111 Å². The maximum Gasteiger partial charge on any atom is 0.310 e. The van der Waals surface area contributed by atoms with Gasteiger partial charge in [-0.25, -0.2) is 13.1 Å². The van der Waals surface area contributed by atoms with Crippen LogP contribution in [-0.2, 0) is 26.0 Å². The van der Waals surface area contributed by atoms with Crippen molar-refractivity contribution in [3.63, 3.8) is 0 Å². The van der Waals surface area contributed by atoms with Gasteiger partial charge >= 0.3 is 5.97 Å². The van der Waals surface area contributed by atoms with Gasteiger partial charge in [0.05, 0.1) is 20.1 Å². The van der Waals surface area contributed by atoms with Crippen molar-refractivity contribution >= 4 is 27.6 Å². The van der Waals surface area contributed by atoms with Gasteiger partial charge in [0.1, 0.15) is 10.6 Å². The second-order valence-corrected chi connectivity index (χ2v) is 7.74. The van der Waals surface area contributed by atoms with Gasteiger partial charge in [0.25, 0.3) is 5.91 Å². The molecule has 0 unspecified atom stereocenters. The number of esters is 1. The van der Waals surface area contributed by atoms with Crippen LogP contribution in [0.4, 0.5) is 5.69 Å². The number of sulfonamides is 1. The van der Waals surface area contributed by atoms with Crippen LogP contribution in [0.2, 0.25) is 0 Å². The van der Waals surface area contributed by atoms with E-state index in [9.17, 15) is 18.0 Å². The Morgan fingerprint density at radius 3 is 2.31 bits per heavy atom. The average Bonchev–Trinajstić information content (AvgIpc) is 2.69. The first-order valence-electron chi connectivity index (χ1n) is 9.04. The normalized spacial score (nSPS) is 11.0. The molecule has 0 aromatic heterocycles. The smallest absolute Gasteiger partial charge is 0.310 e. The average molecular weight is 420 g/mol. The molecule has 0 saturated heterocycles. The van der Waals surface area contributed by atoms with Crippen molar-refractivity contribution in [2.75, 3.05) is 25.6 Å². The third kappa shape index (κ3) is 6.03. The summed E-state index contributed by atoms with van der Waals surface area (Å²) < 4.78 is 37.1. The van der Waals surface area contributed by atoms with Gasteiger partial charge < -0.3 is 14.8 Å². The highest BCUT2D eigenvalue weighted by Crippen LogP contribution is 2.25. The molecule has 0 fully saturated rings. The first-order chi connectivity index (χ1) is 13.8. The lowest BCUT2D eigenvalue weighted by Crippen LogP contribution is -2.24. The first-order valence-corrected chi connectivity index (χ1v) is 10.5. The van der Waals surface area contributed by atoms with Gasteiger partial charge in [-0.1, -0.05) is 19.1 Å². The minimum atomic E-state index is -3.80. The Labute approximate surface area is 170 Å². The van der Waals surface area contributed by atoms with E-state index >= 15 is 0 Å². The number of benzene rings is 2. The highest BCUT2D eigenvalue weighted by Gasteiger charge is 2.21.